The van der Waals surface area contributed by atoms with Gasteiger partial charge in [-0.25, -0.2) is 0 Å². The molecule has 0 saturated carbocycles. The number of hydrogen-bond acceptors (Lipinski definition) is 6. The van der Waals surface area contributed by atoms with Crippen LogP contribution < -0.4 is 9.47 Å². The van der Waals surface area contributed by atoms with Gasteiger partial charge in [0.25, 0.3) is 0 Å². The number of aliphatic carboxylic acids is 1. The van der Waals surface area contributed by atoms with Crippen molar-refractivity contribution in [3.63, 3.8) is 0 Å². The zero-order valence-electron chi connectivity index (χ0n) is 14.2. The van der Waals surface area contributed by atoms with E-state index in [1.807, 2.05) is 11.0 Å². The lowest BCUT2D eigenvalue weighted by Crippen LogP contribution is -2.46. The summed E-state index contributed by atoms with van der Waals surface area (Å²) in [6.45, 7) is 1.09. The van der Waals surface area contributed by atoms with Crippen molar-refractivity contribution in [1.82, 2.24) is 9.88 Å². The van der Waals surface area contributed by atoms with E-state index in [1.54, 1.807) is 36.7 Å². The first kappa shape index (κ1) is 16.8. The first-order valence-electron chi connectivity index (χ1n) is 8.56. The second-order valence-electron chi connectivity index (χ2n) is 6.66. The normalized spacial score (nSPS) is 19.9. The molecule has 1 saturated heterocycles. The average Bonchev–Trinajstić information content (AvgIpc) is 3.12. The van der Waals surface area contributed by atoms with Crippen molar-refractivity contribution in [2.75, 3.05) is 19.9 Å². The summed E-state index contributed by atoms with van der Waals surface area (Å²) in [5.74, 6) is 0.274. The highest BCUT2D eigenvalue weighted by molar-refractivity contribution is 5.76. The standard InChI is InChI=1S/C19H20N2O5/c22-18(23)17(13-3-4-15-16(10-13)26-12-25-15)21-8-5-19(24,6-9-21)14-2-1-7-20-11-14/h1-4,7,10-11,17,24H,5-6,8-9,12H2,(H,22,23)/t17-/m0/s1. The number of pyridine rings is 1. The molecule has 0 bridgehead atoms. The number of hydrogen-bond donors (Lipinski definition) is 2. The molecule has 2 aliphatic heterocycles. The smallest absolute Gasteiger partial charge is 0.325 e. The maximum absolute atomic E-state index is 11.9. The monoisotopic (exact) mass is 356 g/mol. The molecule has 0 spiro atoms. The van der Waals surface area contributed by atoms with Crippen LogP contribution in [0.1, 0.15) is 30.0 Å². The highest BCUT2D eigenvalue weighted by Crippen LogP contribution is 2.38. The number of aromatic nitrogens is 1. The maximum Gasteiger partial charge on any atom is 0.325 e. The summed E-state index contributed by atoms with van der Waals surface area (Å²) in [6.07, 6.45) is 4.24. The number of benzene rings is 1. The van der Waals surface area contributed by atoms with Crippen LogP contribution in [0.25, 0.3) is 0 Å². The van der Waals surface area contributed by atoms with Gasteiger partial charge in [-0.15, -0.1) is 0 Å². The summed E-state index contributed by atoms with van der Waals surface area (Å²) in [5.41, 5.74) is 0.450. The molecular weight excluding hydrogens is 336 g/mol. The van der Waals surface area contributed by atoms with E-state index in [2.05, 4.69) is 4.98 Å². The first-order valence-corrected chi connectivity index (χ1v) is 8.56. The number of piperidine rings is 1. The van der Waals surface area contributed by atoms with Crippen molar-refractivity contribution >= 4 is 5.97 Å². The van der Waals surface area contributed by atoms with E-state index in [0.29, 0.717) is 43.0 Å². The summed E-state index contributed by atoms with van der Waals surface area (Å²) in [6, 6.07) is 8.09. The van der Waals surface area contributed by atoms with E-state index in [1.165, 1.54) is 0 Å². The van der Waals surface area contributed by atoms with Crippen molar-refractivity contribution in [2.24, 2.45) is 0 Å². The molecule has 4 rings (SSSR count). The van der Waals surface area contributed by atoms with Crippen LogP contribution in [0, 0.1) is 0 Å². The van der Waals surface area contributed by atoms with Gasteiger partial charge in [-0.05, 0) is 36.6 Å². The Kier molecular flexibility index (Phi) is 4.26. The van der Waals surface area contributed by atoms with Gasteiger partial charge in [-0.3, -0.25) is 14.7 Å². The molecule has 1 aromatic heterocycles. The van der Waals surface area contributed by atoms with Gasteiger partial charge in [0.1, 0.15) is 6.04 Å². The molecule has 7 heteroatoms. The number of rotatable bonds is 4. The van der Waals surface area contributed by atoms with Crippen molar-refractivity contribution < 1.29 is 24.5 Å². The molecule has 3 heterocycles. The fourth-order valence-electron chi connectivity index (χ4n) is 3.67. The Morgan fingerprint density at radius 1 is 1.19 bits per heavy atom. The number of carbonyl (C=O) groups is 1. The predicted octanol–water partition coefficient (Wildman–Crippen LogP) is 1.92. The van der Waals surface area contributed by atoms with Crippen molar-refractivity contribution in [3.8, 4) is 11.5 Å². The van der Waals surface area contributed by atoms with Crippen LogP contribution in [0.2, 0.25) is 0 Å². The van der Waals surface area contributed by atoms with E-state index in [-0.39, 0.29) is 6.79 Å². The van der Waals surface area contributed by atoms with Crippen molar-refractivity contribution in [3.05, 3.63) is 53.9 Å². The van der Waals surface area contributed by atoms with Gasteiger partial charge in [0.15, 0.2) is 11.5 Å². The van der Waals surface area contributed by atoms with E-state index in [0.717, 1.165) is 5.56 Å². The first-order chi connectivity index (χ1) is 12.6. The summed E-state index contributed by atoms with van der Waals surface area (Å²) in [4.78, 5) is 17.9. The molecule has 26 heavy (non-hydrogen) atoms. The van der Waals surface area contributed by atoms with Crippen LogP contribution in [0.3, 0.4) is 0 Å². The topological polar surface area (TPSA) is 92.1 Å². The van der Waals surface area contributed by atoms with Crippen molar-refractivity contribution in [1.29, 1.82) is 0 Å². The molecule has 0 radical (unpaired) electrons. The second kappa shape index (κ2) is 6.59. The molecule has 2 aromatic rings. The number of likely N-dealkylation sites (tertiary alicyclic amines) is 1. The Balaban J connectivity index is 1.54. The Labute approximate surface area is 150 Å². The van der Waals surface area contributed by atoms with Crippen LogP contribution in [0.5, 0.6) is 11.5 Å². The minimum Gasteiger partial charge on any atom is -0.480 e. The Morgan fingerprint density at radius 3 is 2.65 bits per heavy atom. The van der Waals surface area contributed by atoms with E-state index < -0.39 is 17.6 Å². The summed E-state index contributed by atoms with van der Waals surface area (Å²) >= 11 is 0. The minimum absolute atomic E-state index is 0.151. The van der Waals surface area contributed by atoms with Crippen LogP contribution in [0.4, 0.5) is 0 Å². The minimum atomic E-state index is -0.970. The summed E-state index contributed by atoms with van der Waals surface area (Å²) in [7, 11) is 0. The third kappa shape index (κ3) is 3.00. The van der Waals surface area contributed by atoms with Gasteiger partial charge in [-0.2, -0.15) is 0 Å². The SMILES string of the molecule is O=C(O)[C@H](c1ccc2c(c1)OCO2)N1CCC(O)(c2cccnc2)CC1. The molecule has 7 nitrogen and oxygen atoms in total. The molecule has 0 amide bonds. The van der Waals surface area contributed by atoms with Crippen LogP contribution >= 0.6 is 0 Å². The number of fused-ring (bicyclic) bond motifs is 1. The maximum atomic E-state index is 11.9. The third-order valence-electron chi connectivity index (χ3n) is 5.14. The van der Waals surface area contributed by atoms with Crippen LogP contribution in [-0.4, -0.2) is 45.9 Å². The molecular formula is C19H20N2O5. The zero-order valence-corrected chi connectivity index (χ0v) is 14.2. The Bertz CT molecular complexity index is 803. The number of aliphatic hydroxyl groups is 1. The van der Waals surface area contributed by atoms with Gasteiger partial charge in [0, 0.05) is 31.0 Å². The lowest BCUT2D eigenvalue weighted by Gasteiger charge is -2.40. The number of carboxylic acids is 1. The fraction of sp³-hybridized carbons (Fsp3) is 0.368. The van der Waals surface area contributed by atoms with Gasteiger partial charge < -0.3 is 19.7 Å². The highest BCUT2D eigenvalue weighted by atomic mass is 16.7. The van der Waals surface area contributed by atoms with Gasteiger partial charge in [0.2, 0.25) is 6.79 Å². The summed E-state index contributed by atoms with van der Waals surface area (Å²) in [5, 5.41) is 20.7. The fourth-order valence-corrected chi connectivity index (χ4v) is 3.67. The zero-order chi connectivity index (χ0) is 18.1. The van der Waals surface area contributed by atoms with Gasteiger partial charge in [0.05, 0.1) is 5.60 Å². The number of ether oxygens (including phenoxy) is 2. The molecule has 1 fully saturated rings. The Morgan fingerprint density at radius 2 is 1.96 bits per heavy atom. The van der Waals surface area contributed by atoms with Crippen molar-refractivity contribution in [2.45, 2.75) is 24.5 Å². The highest BCUT2D eigenvalue weighted by Gasteiger charge is 2.38. The predicted molar refractivity (Wildman–Crippen MR) is 91.9 cm³/mol. The molecule has 2 N–H and O–H groups in total. The van der Waals surface area contributed by atoms with Crippen LogP contribution in [-0.2, 0) is 10.4 Å². The molecule has 136 valence electrons. The molecule has 2 aliphatic rings. The lowest BCUT2D eigenvalue weighted by atomic mass is 9.84. The quantitative estimate of drug-likeness (QED) is 0.865. The molecule has 1 atom stereocenters. The van der Waals surface area contributed by atoms with Crippen LogP contribution in [0.15, 0.2) is 42.7 Å². The second-order valence-corrected chi connectivity index (χ2v) is 6.66. The molecule has 1 aromatic carbocycles. The molecule has 0 aliphatic carbocycles. The van der Waals surface area contributed by atoms with E-state index in [4.69, 9.17) is 9.47 Å². The average molecular weight is 356 g/mol. The lowest BCUT2D eigenvalue weighted by molar-refractivity contribution is -0.146. The Hall–Kier alpha value is -2.64. The largest absolute Gasteiger partial charge is 0.480 e. The van der Waals surface area contributed by atoms with E-state index >= 15 is 0 Å². The third-order valence-corrected chi connectivity index (χ3v) is 5.14. The van der Waals surface area contributed by atoms with Gasteiger partial charge >= 0.3 is 5.97 Å². The number of carboxylic acid groups (broad SMARTS) is 1. The number of nitrogens with zero attached hydrogens (tertiary/aromatic N) is 2. The van der Waals surface area contributed by atoms with E-state index in [9.17, 15) is 15.0 Å². The molecule has 0 unspecified atom stereocenters. The van der Waals surface area contributed by atoms with Gasteiger partial charge in [-0.1, -0.05) is 12.1 Å². The summed E-state index contributed by atoms with van der Waals surface area (Å²) < 4.78 is 10.7.